The fourth-order valence-electron chi connectivity index (χ4n) is 4.91. The Bertz CT molecular complexity index is 1060. The SMILES string of the molecule is Cc1ccc(Cl)cc1N1C(=O)c2cc(C(C)(C)C)nn2C[C@]1(C)C(=O)NC1CCCCCC1. The number of amides is 2. The second-order valence-corrected chi connectivity index (χ2v) is 11.3. The lowest BCUT2D eigenvalue weighted by Crippen LogP contribution is -2.65. The van der Waals surface area contributed by atoms with Crippen LogP contribution in [0.25, 0.3) is 0 Å². The van der Waals surface area contributed by atoms with E-state index in [1.165, 1.54) is 12.8 Å². The smallest absolute Gasteiger partial charge is 0.277 e. The molecule has 0 radical (unpaired) electrons. The maximum atomic E-state index is 13.9. The van der Waals surface area contributed by atoms with E-state index in [2.05, 4.69) is 26.1 Å². The van der Waals surface area contributed by atoms with E-state index < -0.39 is 5.54 Å². The van der Waals surface area contributed by atoms with Gasteiger partial charge in [0, 0.05) is 22.2 Å². The van der Waals surface area contributed by atoms with Crippen LogP contribution >= 0.6 is 11.6 Å². The summed E-state index contributed by atoms with van der Waals surface area (Å²) in [6.45, 7) is 10.3. The number of fused-ring (bicyclic) bond motifs is 1. The summed E-state index contributed by atoms with van der Waals surface area (Å²) in [5.74, 6) is -0.367. The first-order chi connectivity index (χ1) is 15.5. The van der Waals surface area contributed by atoms with Crippen LogP contribution in [0, 0.1) is 6.92 Å². The van der Waals surface area contributed by atoms with Crippen LogP contribution in [0.4, 0.5) is 5.69 Å². The fraction of sp³-hybridized carbons (Fsp3) is 0.577. The molecule has 1 aliphatic heterocycles. The van der Waals surface area contributed by atoms with Crippen molar-refractivity contribution in [1.29, 1.82) is 0 Å². The lowest BCUT2D eigenvalue weighted by molar-refractivity contribution is -0.127. The van der Waals surface area contributed by atoms with Crippen LogP contribution in [0.2, 0.25) is 5.02 Å². The summed E-state index contributed by atoms with van der Waals surface area (Å²) >= 11 is 6.34. The van der Waals surface area contributed by atoms with E-state index in [4.69, 9.17) is 16.7 Å². The number of hydrogen-bond acceptors (Lipinski definition) is 3. The summed E-state index contributed by atoms with van der Waals surface area (Å²) in [5, 5.41) is 8.56. The number of nitrogens with zero attached hydrogens (tertiary/aromatic N) is 3. The van der Waals surface area contributed by atoms with Crippen molar-refractivity contribution in [3.05, 3.63) is 46.2 Å². The van der Waals surface area contributed by atoms with Crippen LogP contribution in [0.1, 0.15) is 88.0 Å². The van der Waals surface area contributed by atoms with Crippen LogP contribution in [0.3, 0.4) is 0 Å². The molecule has 0 unspecified atom stereocenters. The number of carbonyl (C=O) groups is 2. The van der Waals surface area contributed by atoms with Crippen molar-refractivity contribution in [2.45, 2.75) is 96.7 Å². The van der Waals surface area contributed by atoms with Crippen LogP contribution in [-0.4, -0.2) is 33.2 Å². The first-order valence-corrected chi connectivity index (χ1v) is 12.4. The first-order valence-electron chi connectivity index (χ1n) is 12.0. The van der Waals surface area contributed by atoms with Gasteiger partial charge >= 0.3 is 0 Å². The molecule has 7 heteroatoms. The van der Waals surface area contributed by atoms with Gasteiger partial charge in [-0.3, -0.25) is 19.2 Å². The Morgan fingerprint density at radius 3 is 2.45 bits per heavy atom. The number of nitrogens with one attached hydrogen (secondary N) is 1. The summed E-state index contributed by atoms with van der Waals surface area (Å²) in [4.78, 5) is 29.4. The van der Waals surface area contributed by atoms with Crippen molar-refractivity contribution < 1.29 is 9.59 Å². The molecule has 1 aromatic heterocycles. The predicted molar refractivity (Wildman–Crippen MR) is 132 cm³/mol. The topological polar surface area (TPSA) is 67.2 Å². The highest BCUT2D eigenvalue weighted by atomic mass is 35.5. The van der Waals surface area contributed by atoms with Crippen LogP contribution in [0.5, 0.6) is 0 Å². The summed E-state index contributed by atoms with van der Waals surface area (Å²) in [5.41, 5.74) is 1.55. The molecule has 1 aliphatic carbocycles. The van der Waals surface area contributed by atoms with E-state index in [1.807, 2.05) is 26.0 Å². The van der Waals surface area contributed by atoms with E-state index in [0.717, 1.165) is 36.9 Å². The van der Waals surface area contributed by atoms with Crippen molar-refractivity contribution in [2.75, 3.05) is 4.90 Å². The van der Waals surface area contributed by atoms with E-state index in [1.54, 1.807) is 21.7 Å². The quantitative estimate of drug-likeness (QED) is 0.610. The molecule has 0 spiro atoms. The molecule has 1 saturated carbocycles. The van der Waals surface area contributed by atoms with Gasteiger partial charge in [-0.25, -0.2) is 0 Å². The Labute approximate surface area is 201 Å². The van der Waals surface area contributed by atoms with Gasteiger partial charge in [0.25, 0.3) is 5.91 Å². The number of aromatic nitrogens is 2. The first kappa shape index (κ1) is 23.8. The highest BCUT2D eigenvalue weighted by molar-refractivity contribution is 6.31. The van der Waals surface area contributed by atoms with E-state index in [0.29, 0.717) is 16.4 Å². The average Bonchev–Trinajstić information content (AvgIpc) is 3.01. The van der Waals surface area contributed by atoms with Gasteiger partial charge in [-0.2, -0.15) is 5.10 Å². The number of hydrogen-bond donors (Lipinski definition) is 1. The standard InChI is InChI=1S/C26H35ClN4O2/c1-17-12-13-18(27)14-20(17)31-23(32)21-15-22(25(2,3)4)29-30(21)16-26(31,5)24(33)28-19-10-8-6-7-9-11-19/h12-15,19H,6-11,16H2,1-5H3,(H,28,33)/t26-/m1/s1. The zero-order chi connectivity index (χ0) is 24.0. The van der Waals surface area contributed by atoms with Crippen molar-refractivity contribution in [2.24, 2.45) is 0 Å². The minimum absolute atomic E-state index is 0.137. The molecule has 2 aliphatic rings. The van der Waals surface area contributed by atoms with Crippen molar-refractivity contribution in [1.82, 2.24) is 15.1 Å². The Morgan fingerprint density at radius 1 is 1.15 bits per heavy atom. The number of anilines is 1. The highest BCUT2D eigenvalue weighted by Crippen LogP contribution is 2.37. The lowest BCUT2D eigenvalue weighted by Gasteiger charge is -2.44. The maximum Gasteiger partial charge on any atom is 0.277 e. The second kappa shape index (κ2) is 8.79. The minimum atomic E-state index is -1.13. The molecule has 33 heavy (non-hydrogen) atoms. The van der Waals surface area contributed by atoms with E-state index >= 15 is 0 Å². The molecule has 1 N–H and O–H groups in total. The highest BCUT2D eigenvalue weighted by Gasteiger charge is 2.50. The van der Waals surface area contributed by atoms with Gasteiger partial charge in [0.2, 0.25) is 5.91 Å². The van der Waals surface area contributed by atoms with Crippen LogP contribution in [-0.2, 0) is 16.8 Å². The third-order valence-corrected chi connectivity index (χ3v) is 7.25. The summed E-state index contributed by atoms with van der Waals surface area (Å²) < 4.78 is 1.71. The van der Waals surface area contributed by atoms with Gasteiger partial charge in [-0.05, 0) is 50.5 Å². The van der Waals surface area contributed by atoms with Gasteiger partial charge in [-0.1, -0.05) is 64.1 Å². The predicted octanol–water partition coefficient (Wildman–Crippen LogP) is 5.40. The molecule has 1 fully saturated rings. The molecule has 1 aromatic carbocycles. The summed E-state index contributed by atoms with van der Waals surface area (Å²) in [6.07, 6.45) is 6.62. The van der Waals surface area contributed by atoms with Crippen LogP contribution in [0.15, 0.2) is 24.3 Å². The van der Waals surface area contributed by atoms with Crippen molar-refractivity contribution >= 4 is 29.1 Å². The third kappa shape index (κ3) is 4.54. The van der Waals surface area contributed by atoms with E-state index in [-0.39, 0.29) is 29.8 Å². The molecule has 2 heterocycles. The third-order valence-electron chi connectivity index (χ3n) is 7.01. The molecule has 0 saturated heterocycles. The fourth-order valence-corrected chi connectivity index (χ4v) is 5.08. The largest absolute Gasteiger partial charge is 0.351 e. The zero-order valence-electron chi connectivity index (χ0n) is 20.4. The lowest BCUT2D eigenvalue weighted by atomic mass is 9.91. The average molecular weight is 471 g/mol. The molecular weight excluding hydrogens is 436 g/mol. The zero-order valence-corrected chi connectivity index (χ0v) is 21.1. The number of aryl methyl sites for hydroxylation is 1. The summed E-state index contributed by atoms with van der Waals surface area (Å²) in [7, 11) is 0. The van der Waals surface area contributed by atoms with Gasteiger partial charge in [0.1, 0.15) is 11.2 Å². The van der Waals surface area contributed by atoms with Crippen LogP contribution < -0.4 is 10.2 Å². The molecule has 1 atom stereocenters. The Kier molecular flexibility index (Phi) is 6.34. The molecule has 4 rings (SSSR count). The minimum Gasteiger partial charge on any atom is -0.351 e. The Balaban J connectivity index is 1.79. The molecular formula is C26H35ClN4O2. The van der Waals surface area contributed by atoms with Gasteiger partial charge in [-0.15, -0.1) is 0 Å². The Morgan fingerprint density at radius 2 is 1.82 bits per heavy atom. The normalized spacial score (nSPS) is 22.1. The number of rotatable bonds is 3. The van der Waals surface area contributed by atoms with Crippen molar-refractivity contribution in [3.8, 4) is 0 Å². The number of halogens is 1. The van der Waals surface area contributed by atoms with Gasteiger partial charge < -0.3 is 5.32 Å². The van der Waals surface area contributed by atoms with E-state index in [9.17, 15) is 9.59 Å². The second-order valence-electron chi connectivity index (χ2n) is 10.8. The molecule has 178 valence electrons. The number of carbonyl (C=O) groups excluding carboxylic acids is 2. The molecule has 2 aromatic rings. The Hall–Kier alpha value is -2.34. The molecule has 6 nitrogen and oxygen atoms in total. The number of benzene rings is 1. The van der Waals surface area contributed by atoms with Gasteiger partial charge in [0.05, 0.1) is 12.2 Å². The van der Waals surface area contributed by atoms with Gasteiger partial charge in [0.15, 0.2) is 0 Å². The maximum absolute atomic E-state index is 13.9. The molecule has 2 amide bonds. The molecule has 0 bridgehead atoms. The van der Waals surface area contributed by atoms with Crippen molar-refractivity contribution in [3.63, 3.8) is 0 Å². The monoisotopic (exact) mass is 470 g/mol. The summed E-state index contributed by atoms with van der Waals surface area (Å²) in [6, 6.07) is 7.47.